The van der Waals surface area contributed by atoms with E-state index in [0.29, 0.717) is 11.6 Å². The van der Waals surface area contributed by atoms with Crippen molar-refractivity contribution in [2.45, 2.75) is 13.3 Å². The fourth-order valence-corrected chi connectivity index (χ4v) is 3.76. The molecule has 0 saturated carbocycles. The Morgan fingerprint density at radius 2 is 1.88 bits per heavy atom. The molecule has 0 fully saturated rings. The van der Waals surface area contributed by atoms with Gasteiger partial charge in [-0.3, -0.25) is 4.79 Å². The molecule has 0 bridgehead atoms. The van der Waals surface area contributed by atoms with Gasteiger partial charge in [-0.1, -0.05) is 59.9 Å². The van der Waals surface area contributed by atoms with Crippen LogP contribution in [0.3, 0.4) is 0 Å². The average molecular weight is 332 g/mol. The van der Waals surface area contributed by atoms with Crippen LogP contribution in [0.2, 0.25) is 0 Å². The summed E-state index contributed by atoms with van der Waals surface area (Å²) in [5.41, 5.74) is 3.12. The molecule has 0 atom stereocenters. The molecule has 0 saturated heterocycles. The number of anilines is 1. The quantitative estimate of drug-likeness (QED) is 0.577. The number of rotatable bonds is 3. The van der Waals surface area contributed by atoms with Gasteiger partial charge in [-0.15, -0.1) is 0 Å². The van der Waals surface area contributed by atoms with Crippen molar-refractivity contribution >= 4 is 43.4 Å². The van der Waals surface area contributed by atoms with Crippen molar-refractivity contribution < 1.29 is 4.79 Å². The number of carbonyl (C=O) groups is 1. The molecular formula is C20H16N2OS. The van der Waals surface area contributed by atoms with Crippen molar-refractivity contribution in [2.75, 3.05) is 5.32 Å². The van der Waals surface area contributed by atoms with Crippen LogP contribution >= 0.6 is 11.3 Å². The normalized spacial score (nSPS) is 11.0. The molecule has 4 heteroatoms. The Morgan fingerprint density at radius 3 is 2.75 bits per heavy atom. The molecule has 3 nitrogen and oxygen atoms in total. The van der Waals surface area contributed by atoms with Gasteiger partial charge in [0.15, 0.2) is 5.13 Å². The van der Waals surface area contributed by atoms with Gasteiger partial charge in [-0.25, -0.2) is 4.98 Å². The molecule has 0 aliphatic heterocycles. The largest absolute Gasteiger partial charge is 0.302 e. The minimum Gasteiger partial charge on any atom is -0.302 e. The lowest BCUT2D eigenvalue weighted by Crippen LogP contribution is -2.14. The predicted molar refractivity (Wildman–Crippen MR) is 101 cm³/mol. The van der Waals surface area contributed by atoms with Crippen LogP contribution in [-0.4, -0.2) is 10.9 Å². The summed E-state index contributed by atoms with van der Waals surface area (Å²) in [6.07, 6.45) is 0.347. The third-order valence-electron chi connectivity index (χ3n) is 3.97. The van der Waals surface area contributed by atoms with Crippen LogP contribution in [0.5, 0.6) is 0 Å². The van der Waals surface area contributed by atoms with Crippen LogP contribution in [0.25, 0.3) is 21.0 Å². The summed E-state index contributed by atoms with van der Waals surface area (Å²) in [5, 5.41) is 5.90. The second-order valence-electron chi connectivity index (χ2n) is 5.90. The minimum atomic E-state index is -0.0407. The first-order valence-electron chi connectivity index (χ1n) is 7.82. The van der Waals surface area contributed by atoms with Crippen molar-refractivity contribution in [1.29, 1.82) is 0 Å². The highest BCUT2D eigenvalue weighted by Crippen LogP contribution is 2.26. The van der Waals surface area contributed by atoms with Crippen LogP contribution in [0.4, 0.5) is 5.13 Å². The molecule has 0 aliphatic carbocycles. The maximum Gasteiger partial charge on any atom is 0.230 e. The number of fused-ring (bicyclic) bond motifs is 2. The number of benzene rings is 3. The highest BCUT2D eigenvalue weighted by Gasteiger charge is 2.09. The second kappa shape index (κ2) is 6.06. The van der Waals surface area contributed by atoms with E-state index < -0.39 is 0 Å². The molecule has 0 spiro atoms. The summed E-state index contributed by atoms with van der Waals surface area (Å²) >= 11 is 1.51. The fraction of sp³-hybridized carbons (Fsp3) is 0.100. The average Bonchev–Trinajstić information content (AvgIpc) is 2.95. The van der Waals surface area contributed by atoms with E-state index in [-0.39, 0.29) is 5.91 Å². The molecule has 118 valence electrons. The number of thiazole rings is 1. The molecule has 4 aromatic rings. The SMILES string of the molecule is Cc1ccc2nc(NC(=O)Cc3ccc4ccccc4c3)sc2c1. The van der Waals surface area contributed by atoms with E-state index in [0.717, 1.165) is 21.2 Å². The number of hydrogen-bond acceptors (Lipinski definition) is 3. The maximum atomic E-state index is 12.3. The topological polar surface area (TPSA) is 42.0 Å². The second-order valence-corrected chi connectivity index (χ2v) is 6.93. The number of aryl methyl sites for hydroxylation is 1. The number of amides is 1. The Hall–Kier alpha value is -2.72. The van der Waals surface area contributed by atoms with Gasteiger partial charge < -0.3 is 5.32 Å². The molecular weight excluding hydrogens is 316 g/mol. The first kappa shape index (κ1) is 14.8. The van der Waals surface area contributed by atoms with Gasteiger partial charge in [0.05, 0.1) is 16.6 Å². The van der Waals surface area contributed by atoms with Crippen LogP contribution in [0.15, 0.2) is 60.7 Å². The predicted octanol–water partition coefficient (Wildman–Crippen LogP) is 4.94. The molecule has 24 heavy (non-hydrogen) atoms. The summed E-state index contributed by atoms with van der Waals surface area (Å²) in [5.74, 6) is -0.0407. The maximum absolute atomic E-state index is 12.3. The molecule has 0 radical (unpaired) electrons. The van der Waals surface area contributed by atoms with Gasteiger partial charge in [0.1, 0.15) is 0 Å². The number of nitrogens with one attached hydrogen (secondary N) is 1. The Labute approximate surface area is 144 Å². The van der Waals surface area contributed by atoms with E-state index in [9.17, 15) is 4.79 Å². The van der Waals surface area contributed by atoms with Gasteiger partial charge in [0, 0.05) is 0 Å². The van der Waals surface area contributed by atoms with Gasteiger partial charge >= 0.3 is 0 Å². The minimum absolute atomic E-state index is 0.0407. The van der Waals surface area contributed by atoms with Gasteiger partial charge in [-0.2, -0.15) is 0 Å². The van der Waals surface area contributed by atoms with E-state index in [1.165, 1.54) is 22.3 Å². The van der Waals surface area contributed by atoms with E-state index in [2.05, 4.69) is 47.6 Å². The van der Waals surface area contributed by atoms with Crippen molar-refractivity contribution in [3.05, 3.63) is 71.8 Å². The van der Waals surface area contributed by atoms with Crippen LogP contribution in [0.1, 0.15) is 11.1 Å². The van der Waals surface area contributed by atoms with Crippen LogP contribution in [-0.2, 0) is 11.2 Å². The molecule has 1 amide bonds. The standard InChI is InChI=1S/C20H16N2OS/c1-13-6-9-17-18(10-13)24-20(21-17)22-19(23)12-14-7-8-15-4-2-3-5-16(15)11-14/h2-11H,12H2,1H3,(H,21,22,23). The highest BCUT2D eigenvalue weighted by molar-refractivity contribution is 7.22. The zero-order valence-corrected chi connectivity index (χ0v) is 14.1. The van der Waals surface area contributed by atoms with E-state index in [1.807, 2.05) is 30.3 Å². The van der Waals surface area contributed by atoms with Crippen LogP contribution in [0, 0.1) is 6.92 Å². The van der Waals surface area contributed by atoms with Gasteiger partial charge in [0.2, 0.25) is 5.91 Å². The van der Waals surface area contributed by atoms with E-state index in [4.69, 9.17) is 0 Å². The first-order valence-corrected chi connectivity index (χ1v) is 8.64. The molecule has 1 heterocycles. The van der Waals surface area contributed by atoms with Crippen molar-refractivity contribution in [3.63, 3.8) is 0 Å². The number of aromatic nitrogens is 1. The smallest absolute Gasteiger partial charge is 0.230 e. The third kappa shape index (κ3) is 3.01. The Balaban J connectivity index is 1.52. The summed E-state index contributed by atoms with van der Waals surface area (Å²) < 4.78 is 1.09. The van der Waals surface area contributed by atoms with E-state index in [1.54, 1.807) is 0 Å². The highest BCUT2D eigenvalue weighted by atomic mass is 32.1. The lowest BCUT2D eigenvalue weighted by atomic mass is 10.1. The van der Waals surface area contributed by atoms with Crippen molar-refractivity contribution in [2.24, 2.45) is 0 Å². The van der Waals surface area contributed by atoms with Gasteiger partial charge in [0.25, 0.3) is 0 Å². The zero-order valence-electron chi connectivity index (χ0n) is 13.2. The molecule has 1 aromatic heterocycles. The fourth-order valence-electron chi connectivity index (χ4n) is 2.78. The van der Waals surface area contributed by atoms with E-state index >= 15 is 0 Å². The molecule has 4 rings (SSSR count). The summed E-state index contributed by atoms with van der Waals surface area (Å²) in [6, 6.07) is 20.4. The lowest BCUT2D eigenvalue weighted by molar-refractivity contribution is -0.115. The molecule has 3 aromatic carbocycles. The summed E-state index contributed by atoms with van der Waals surface area (Å²) in [4.78, 5) is 16.8. The zero-order chi connectivity index (χ0) is 16.5. The van der Waals surface area contributed by atoms with Crippen molar-refractivity contribution in [3.8, 4) is 0 Å². The van der Waals surface area contributed by atoms with Gasteiger partial charge in [-0.05, 0) is 41.0 Å². The van der Waals surface area contributed by atoms with Crippen LogP contribution < -0.4 is 5.32 Å². The third-order valence-corrected chi connectivity index (χ3v) is 4.90. The Bertz CT molecular complexity index is 1050. The first-order chi connectivity index (χ1) is 11.7. The lowest BCUT2D eigenvalue weighted by Gasteiger charge is -2.04. The molecule has 0 unspecified atom stereocenters. The summed E-state index contributed by atoms with van der Waals surface area (Å²) in [7, 11) is 0. The number of nitrogens with zero attached hydrogens (tertiary/aromatic N) is 1. The monoisotopic (exact) mass is 332 g/mol. The molecule has 0 aliphatic rings. The number of carbonyl (C=O) groups excluding carboxylic acids is 1. The Kier molecular flexibility index (Phi) is 3.75. The number of hydrogen-bond donors (Lipinski definition) is 1. The summed E-state index contributed by atoms with van der Waals surface area (Å²) in [6.45, 7) is 2.05. The molecule has 1 N–H and O–H groups in total. The van der Waals surface area contributed by atoms with Crippen molar-refractivity contribution in [1.82, 2.24) is 4.98 Å². The Morgan fingerprint density at radius 1 is 1.04 bits per heavy atom.